The van der Waals surface area contributed by atoms with Crippen molar-refractivity contribution >= 4 is 6.09 Å². The van der Waals surface area contributed by atoms with Gasteiger partial charge in [0.05, 0.1) is 18.6 Å². The minimum absolute atomic E-state index is 0.0393. The summed E-state index contributed by atoms with van der Waals surface area (Å²) in [6, 6.07) is 9.00. The van der Waals surface area contributed by atoms with Crippen molar-refractivity contribution in [3.8, 4) is 0 Å². The Hall–Kier alpha value is -1.69. The third kappa shape index (κ3) is 2.75. The summed E-state index contributed by atoms with van der Waals surface area (Å²) in [5.74, 6) is -3.12. The first-order valence-corrected chi connectivity index (χ1v) is 6.32. The topological polar surface area (TPSA) is 49.8 Å². The van der Waals surface area contributed by atoms with Gasteiger partial charge < -0.3 is 14.7 Å². The van der Waals surface area contributed by atoms with E-state index >= 15 is 0 Å². The molecular formula is C14H17F2NO3. The molecule has 1 aliphatic heterocycles. The summed E-state index contributed by atoms with van der Waals surface area (Å²) in [5, 5.41) is 9.11. The van der Waals surface area contributed by atoms with Gasteiger partial charge in [-0.15, -0.1) is 0 Å². The lowest BCUT2D eigenvalue weighted by molar-refractivity contribution is -0.0963. The maximum atomic E-state index is 13.8. The monoisotopic (exact) mass is 285 g/mol. The zero-order chi connectivity index (χ0) is 14.8. The number of aliphatic hydroxyl groups is 1. The molecular weight excluding hydrogens is 268 g/mol. The van der Waals surface area contributed by atoms with Gasteiger partial charge in [0.1, 0.15) is 6.61 Å². The number of alkyl halides is 2. The van der Waals surface area contributed by atoms with E-state index in [0.717, 1.165) is 10.5 Å². The summed E-state index contributed by atoms with van der Waals surface area (Å²) < 4.78 is 32.5. The molecule has 1 unspecified atom stereocenters. The van der Waals surface area contributed by atoms with E-state index in [4.69, 9.17) is 9.84 Å². The largest absolute Gasteiger partial charge is 0.445 e. The number of halogens is 2. The molecule has 1 aromatic carbocycles. The van der Waals surface area contributed by atoms with Crippen LogP contribution in [-0.2, 0) is 11.3 Å². The van der Waals surface area contributed by atoms with Crippen LogP contribution in [0.1, 0.15) is 12.5 Å². The highest BCUT2D eigenvalue weighted by Gasteiger charge is 2.58. The number of aliphatic hydroxyl groups excluding tert-OH is 1. The number of carbonyl (C=O) groups excluding carboxylic acids is 1. The SMILES string of the molecule is CC1(CO)CN(C(=O)OCc2ccccc2)CC1(F)F. The van der Waals surface area contributed by atoms with Crippen LogP contribution in [0, 0.1) is 5.41 Å². The molecule has 1 atom stereocenters. The van der Waals surface area contributed by atoms with E-state index in [2.05, 4.69) is 0 Å². The zero-order valence-electron chi connectivity index (χ0n) is 11.2. The van der Waals surface area contributed by atoms with Crippen LogP contribution in [0.2, 0.25) is 0 Å². The standard InChI is InChI=1S/C14H17F2NO3/c1-13(10-18)8-17(9-14(13,15)16)12(19)20-7-11-5-3-2-4-6-11/h2-6,18H,7-10H2,1H3. The third-order valence-corrected chi connectivity index (χ3v) is 3.62. The molecule has 0 aromatic heterocycles. The number of hydrogen-bond donors (Lipinski definition) is 1. The molecule has 1 saturated heterocycles. The number of ether oxygens (including phenoxy) is 1. The minimum Gasteiger partial charge on any atom is -0.445 e. The fraction of sp³-hybridized carbons (Fsp3) is 0.500. The van der Waals surface area contributed by atoms with Gasteiger partial charge in [-0.25, -0.2) is 13.6 Å². The van der Waals surface area contributed by atoms with E-state index in [1.54, 1.807) is 24.3 Å². The van der Waals surface area contributed by atoms with Gasteiger partial charge in [0.15, 0.2) is 0 Å². The molecule has 1 aromatic rings. The van der Waals surface area contributed by atoms with E-state index in [1.165, 1.54) is 6.92 Å². The Labute approximate surface area is 116 Å². The lowest BCUT2D eigenvalue weighted by Gasteiger charge is -2.26. The Bertz CT molecular complexity index is 481. The highest BCUT2D eigenvalue weighted by Crippen LogP contribution is 2.43. The maximum Gasteiger partial charge on any atom is 0.410 e. The maximum absolute atomic E-state index is 13.8. The lowest BCUT2D eigenvalue weighted by Crippen LogP contribution is -2.40. The van der Waals surface area contributed by atoms with Gasteiger partial charge in [-0.2, -0.15) is 0 Å². The Morgan fingerprint density at radius 1 is 1.35 bits per heavy atom. The van der Waals surface area contributed by atoms with Crippen LogP contribution in [0.3, 0.4) is 0 Å². The summed E-state index contributed by atoms with van der Waals surface area (Å²) >= 11 is 0. The fourth-order valence-corrected chi connectivity index (χ4v) is 2.13. The molecule has 6 heteroatoms. The van der Waals surface area contributed by atoms with Gasteiger partial charge in [0.25, 0.3) is 5.92 Å². The summed E-state index contributed by atoms with van der Waals surface area (Å²) in [7, 11) is 0. The second-order valence-electron chi connectivity index (χ2n) is 5.32. The fourth-order valence-electron chi connectivity index (χ4n) is 2.13. The second kappa shape index (κ2) is 5.36. The zero-order valence-corrected chi connectivity index (χ0v) is 11.2. The van der Waals surface area contributed by atoms with Crippen LogP contribution in [0.15, 0.2) is 30.3 Å². The predicted molar refractivity (Wildman–Crippen MR) is 68.3 cm³/mol. The van der Waals surface area contributed by atoms with Crippen LogP contribution < -0.4 is 0 Å². The minimum atomic E-state index is -3.12. The molecule has 2 rings (SSSR count). The van der Waals surface area contributed by atoms with Crippen molar-refractivity contribution in [2.75, 3.05) is 19.7 Å². The number of benzene rings is 1. The normalized spacial score (nSPS) is 24.7. The van der Waals surface area contributed by atoms with Crippen LogP contribution in [-0.4, -0.2) is 41.7 Å². The van der Waals surface area contributed by atoms with Crippen LogP contribution in [0.5, 0.6) is 0 Å². The van der Waals surface area contributed by atoms with Gasteiger partial charge in [-0.05, 0) is 12.5 Å². The van der Waals surface area contributed by atoms with Crippen LogP contribution in [0.4, 0.5) is 13.6 Å². The number of likely N-dealkylation sites (tertiary alicyclic amines) is 1. The van der Waals surface area contributed by atoms with Crippen molar-refractivity contribution in [3.63, 3.8) is 0 Å². The first kappa shape index (κ1) is 14.7. The Morgan fingerprint density at radius 3 is 2.55 bits per heavy atom. The van der Waals surface area contributed by atoms with Crippen molar-refractivity contribution in [1.29, 1.82) is 0 Å². The lowest BCUT2D eigenvalue weighted by atomic mass is 9.87. The van der Waals surface area contributed by atoms with E-state index in [1.807, 2.05) is 6.07 Å². The second-order valence-corrected chi connectivity index (χ2v) is 5.32. The highest BCUT2D eigenvalue weighted by molar-refractivity contribution is 5.68. The first-order chi connectivity index (χ1) is 9.38. The molecule has 4 nitrogen and oxygen atoms in total. The molecule has 0 radical (unpaired) electrons. The molecule has 0 bridgehead atoms. The van der Waals surface area contributed by atoms with Crippen molar-refractivity contribution in [3.05, 3.63) is 35.9 Å². The summed E-state index contributed by atoms with van der Waals surface area (Å²) in [6.45, 7) is -0.320. The summed E-state index contributed by atoms with van der Waals surface area (Å²) in [5.41, 5.74) is -0.824. The van der Waals surface area contributed by atoms with E-state index < -0.39 is 30.6 Å². The third-order valence-electron chi connectivity index (χ3n) is 3.62. The molecule has 1 N–H and O–H groups in total. The number of carbonyl (C=O) groups is 1. The van der Waals surface area contributed by atoms with Gasteiger partial charge in [-0.1, -0.05) is 30.3 Å². The highest BCUT2D eigenvalue weighted by atomic mass is 19.3. The van der Waals surface area contributed by atoms with Crippen molar-refractivity contribution in [2.45, 2.75) is 19.5 Å². The number of rotatable bonds is 3. The van der Waals surface area contributed by atoms with Gasteiger partial charge in [0, 0.05) is 6.54 Å². The van der Waals surface area contributed by atoms with Gasteiger partial charge in [0.2, 0.25) is 0 Å². The molecule has 0 saturated carbocycles. The molecule has 0 spiro atoms. The smallest absolute Gasteiger partial charge is 0.410 e. The van der Waals surface area contributed by atoms with Crippen molar-refractivity contribution in [1.82, 2.24) is 4.90 Å². The predicted octanol–water partition coefficient (Wildman–Crippen LogP) is 2.27. The van der Waals surface area contributed by atoms with Gasteiger partial charge in [-0.3, -0.25) is 0 Å². The number of amides is 1. The van der Waals surface area contributed by atoms with E-state index in [-0.39, 0.29) is 13.2 Å². The molecule has 0 aliphatic carbocycles. The average Bonchev–Trinajstić information content (AvgIpc) is 2.68. The molecule has 1 aliphatic rings. The van der Waals surface area contributed by atoms with Crippen molar-refractivity contribution in [2.24, 2.45) is 5.41 Å². The first-order valence-electron chi connectivity index (χ1n) is 6.32. The van der Waals surface area contributed by atoms with Crippen LogP contribution in [0.25, 0.3) is 0 Å². The Morgan fingerprint density at radius 2 is 2.00 bits per heavy atom. The van der Waals surface area contributed by atoms with E-state index in [9.17, 15) is 13.6 Å². The van der Waals surface area contributed by atoms with Crippen LogP contribution >= 0.6 is 0 Å². The molecule has 1 heterocycles. The number of nitrogens with zero attached hydrogens (tertiary/aromatic N) is 1. The Kier molecular flexibility index (Phi) is 3.94. The van der Waals surface area contributed by atoms with Gasteiger partial charge >= 0.3 is 6.09 Å². The Balaban J connectivity index is 1.95. The molecule has 1 fully saturated rings. The summed E-state index contributed by atoms with van der Waals surface area (Å²) in [6.07, 6.45) is -0.786. The summed E-state index contributed by atoms with van der Waals surface area (Å²) in [4.78, 5) is 12.7. The molecule has 20 heavy (non-hydrogen) atoms. The van der Waals surface area contributed by atoms with E-state index in [0.29, 0.717) is 0 Å². The van der Waals surface area contributed by atoms with Crippen molar-refractivity contribution < 1.29 is 23.4 Å². The molecule has 110 valence electrons. The quantitative estimate of drug-likeness (QED) is 0.927. The molecule has 1 amide bonds. The number of hydrogen-bond acceptors (Lipinski definition) is 3. The average molecular weight is 285 g/mol.